The molecule has 0 saturated carbocycles. The summed E-state index contributed by atoms with van der Waals surface area (Å²) in [5.41, 5.74) is 2.82. The maximum atomic E-state index is 11.3. The van der Waals surface area contributed by atoms with Gasteiger partial charge in [0, 0.05) is 18.2 Å². The van der Waals surface area contributed by atoms with Crippen LogP contribution in [0.25, 0.3) is 0 Å². The van der Waals surface area contributed by atoms with E-state index in [9.17, 15) is 13.5 Å². The van der Waals surface area contributed by atoms with Gasteiger partial charge in [0.2, 0.25) is 10.0 Å². The maximum Gasteiger partial charge on any atom is 0.229 e. The first-order chi connectivity index (χ1) is 17.3. The Morgan fingerprint density at radius 1 is 0.806 bits per heavy atom. The van der Waals surface area contributed by atoms with Crippen molar-refractivity contribution in [1.29, 1.82) is 0 Å². The van der Waals surface area contributed by atoms with Crippen LogP contribution in [0.2, 0.25) is 0 Å². The number of hydrogen-bond acceptors (Lipinski definition) is 7. The standard InChI is InChI=1S/C27H34N2O6S/c1-33-24-10-4-20(5-11-24)27(21-6-12-25(34-2)13-7-21)16-17-28-18-23(30)19-35-26-14-8-22(9-15-26)29-36(3,31)32/h4-15,23,27-30H,16-19H2,1-3H3. The molecule has 3 aromatic rings. The molecule has 0 saturated heterocycles. The van der Waals surface area contributed by atoms with E-state index in [2.05, 4.69) is 34.3 Å². The molecule has 0 bridgehead atoms. The minimum atomic E-state index is -3.33. The third-order valence-corrected chi connectivity index (χ3v) is 6.23. The Morgan fingerprint density at radius 3 is 1.78 bits per heavy atom. The van der Waals surface area contributed by atoms with Gasteiger partial charge < -0.3 is 24.6 Å². The number of anilines is 1. The summed E-state index contributed by atoms with van der Waals surface area (Å²) in [4.78, 5) is 0. The first-order valence-corrected chi connectivity index (χ1v) is 13.5. The Bertz CT molecular complexity index is 1120. The molecule has 0 aliphatic heterocycles. The average molecular weight is 515 g/mol. The predicted octanol–water partition coefficient (Wildman–Crippen LogP) is 3.63. The molecule has 0 fully saturated rings. The Balaban J connectivity index is 1.50. The fraction of sp³-hybridized carbons (Fsp3) is 0.333. The lowest BCUT2D eigenvalue weighted by molar-refractivity contribution is 0.106. The van der Waals surface area contributed by atoms with Gasteiger partial charge in [-0.1, -0.05) is 24.3 Å². The second kappa shape index (κ2) is 13.2. The molecule has 0 aliphatic rings. The van der Waals surface area contributed by atoms with Crippen LogP contribution in [0, 0.1) is 0 Å². The van der Waals surface area contributed by atoms with E-state index in [0.717, 1.165) is 24.2 Å². The van der Waals surface area contributed by atoms with Gasteiger partial charge in [0.1, 0.15) is 30.0 Å². The van der Waals surface area contributed by atoms with Crippen molar-refractivity contribution in [2.24, 2.45) is 0 Å². The van der Waals surface area contributed by atoms with Gasteiger partial charge in [-0.15, -0.1) is 0 Å². The molecule has 3 rings (SSSR count). The van der Waals surface area contributed by atoms with Crippen LogP contribution in [0.3, 0.4) is 0 Å². The van der Waals surface area contributed by atoms with E-state index < -0.39 is 16.1 Å². The number of aliphatic hydroxyl groups is 1. The molecule has 194 valence electrons. The topological polar surface area (TPSA) is 106 Å². The van der Waals surface area contributed by atoms with E-state index in [0.29, 0.717) is 24.5 Å². The first kappa shape index (κ1) is 27.3. The minimum Gasteiger partial charge on any atom is -0.497 e. The quantitative estimate of drug-likeness (QED) is 0.282. The normalized spacial score (nSPS) is 12.2. The highest BCUT2D eigenvalue weighted by Gasteiger charge is 2.15. The number of aliphatic hydroxyl groups excluding tert-OH is 1. The van der Waals surface area contributed by atoms with E-state index in [1.807, 2.05) is 24.3 Å². The SMILES string of the molecule is COc1ccc(C(CCNCC(O)COc2ccc(NS(C)(=O)=O)cc2)c2ccc(OC)cc2)cc1. The average Bonchev–Trinajstić information content (AvgIpc) is 2.88. The van der Waals surface area contributed by atoms with E-state index in [1.165, 1.54) is 11.1 Å². The molecule has 36 heavy (non-hydrogen) atoms. The summed E-state index contributed by atoms with van der Waals surface area (Å²) in [5, 5.41) is 13.6. The molecule has 0 radical (unpaired) electrons. The molecular formula is C27H34N2O6S. The van der Waals surface area contributed by atoms with Gasteiger partial charge in [0.15, 0.2) is 0 Å². The lowest BCUT2D eigenvalue weighted by atomic mass is 9.88. The fourth-order valence-electron chi connectivity index (χ4n) is 3.80. The summed E-state index contributed by atoms with van der Waals surface area (Å²) in [6.07, 6.45) is 1.23. The van der Waals surface area contributed by atoms with Crippen LogP contribution in [0.1, 0.15) is 23.5 Å². The predicted molar refractivity (Wildman–Crippen MR) is 142 cm³/mol. The van der Waals surface area contributed by atoms with Crippen molar-refractivity contribution in [3.63, 3.8) is 0 Å². The monoisotopic (exact) mass is 514 g/mol. The van der Waals surface area contributed by atoms with Crippen LogP contribution in [0.15, 0.2) is 72.8 Å². The summed E-state index contributed by atoms with van der Waals surface area (Å²) < 4.78 is 41.2. The molecule has 9 heteroatoms. The number of methoxy groups -OCH3 is 2. The molecule has 1 unspecified atom stereocenters. The van der Waals surface area contributed by atoms with E-state index >= 15 is 0 Å². The summed E-state index contributed by atoms with van der Waals surface area (Å²) >= 11 is 0. The van der Waals surface area contributed by atoms with Crippen molar-refractivity contribution in [2.75, 3.05) is 44.9 Å². The number of rotatable bonds is 14. The smallest absolute Gasteiger partial charge is 0.229 e. The summed E-state index contributed by atoms with van der Waals surface area (Å²) in [6.45, 7) is 1.20. The molecule has 0 amide bonds. The van der Waals surface area contributed by atoms with Crippen molar-refractivity contribution in [2.45, 2.75) is 18.4 Å². The number of nitrogens with one attached hydrogen (secondary N) is 2. The Morgan fingerprint density at radius 2 is 1.31 bits per heavy atom. The summed E-state index contributed by atoms with van der Waals surface area (Å²) in [5.74, 6) is 2.35. The Hall–Kier alpha value is -3.27. The lowest BCUT2D eigenvalue weighted by Crippen LogP contribution is -2.32. The van der Waals surface area contributed by atoms with Gasteiger partial charge in [-0.2, -0.15) is 0 Å². The van der Waals surface area contributed by atoms with Gasteiger partial charge in [0.25, 0.3) is 0 Å². The van der Waals surface area contributed by atoms with Crippen LogP contribution >= 0.6 is 0 Å². The summed E-state index contributed by atoms with van der Waals surface area (Å²) in [7, 11) is -0.0212. The Kier molecular flexibility index (Phi) is 9.98. The van der Waals surface area contributed by atoms with Gasteiger partial charge in [-0.3, -0.25) is 4.72 Å². The molecule has 0 aliphatic carbocycles. The van der Waals surface area contributed by atoms with Gasteiger partial charge in [-0.05, 0) is 72.6 Å². The summed E-state index contributed by atoms with van der Waals surface area (Å²) in [6, 6.07) is 22.7. The number of hydrogen-bond donors (Lipinski definition) is 3. The second-order valence-electron chi connectivity index (χ2n) is 8.46. The molecule has 3 N–H and O–H groups in total. The third kappa shape index (κ3) is 8.75. The molecular weight excluding hydrogens is 480 g/mol. The maximum absolute atomic E-state index is 11.3. The van der Waals surface area contributed by atoms with Gasteiger partial charge in [0.05, 0.1) is 20.5 Å². The number of sulfonamides is 1. The third-order valence-electron chi connectivity index (χ3n) is 5.63. The van der Waals surface area contributed by atoms with Crippen LogP contribution in [0.5, 0.6) is 17.2 Å². The zero-order chi connectivity index (χ0) is 26.0. The van der Waals surface area contributed by atoms with Crippen LogP contribution < -0.4 is 24.2 Å². The first-order valence-electron chi connectivity index (χ1n) is 11.6. The number of benzene rings is 3. The largest absolute Gasteiger partial charge is 0.497 e. The molecule has 8 nitrogen and oxygen atoms in total. The highest BCUT2D eigenvalue weighted by molar-refractivity contribution is 7.92. The van der Waals surface area contributed by atoms with Crippen LogP contribution in [-0.4, -0.2) is 59.8 Å². The highest BCUT2D eigenvalue weighted by atomic mass is 32.2. The zero-order valence-corrected chi connectivity index (χ0v) is 21.6. The zero-order valence-electron chi connectivity index (χ0n) is 20.8. The van der Waals surface area contributed by atoms with Gasteiger partial charge in [-0.25, -0.2) is 8.42 Å². The van der Waals surface area contributed by atoms with Crippen LogP contribution in [-0.2, 0) is 10.0 Å². The lowest BCUT2D eigenvalue weighted by Gasteiger charge is -2.20. The van der Waals surface area contributed by atoms with Crippen molar-refractivity contribution < 1.29 is 27.7 Å². The van der Waals surface area contributed by atoms with Crippen molar-refractivity contribution in [3.8, 4) is 17.2 Å². The molecule has 3 aromatic carbocycles. The van der Waals surface area contributed by atoms with Crippen molar-refractivity contribution >= 4 is 15.7 Å². The molecule has 0 heterocycles. The highest BCUT2D eigenvalue weighted by Crippen LogP contribution is 2.30. The van der Waals surface area contributed by atoms with Crippen molar-refractivity contribution in [3.05, 3.63) is 83.9 Å². The van der Waals surface area contributed by atoms with Crippen LogP contribution in [0.4, 0.5) is 5.69 Å². The van der Waals surface area contributed by atoms with E-state index in [4.69, 9.17) is 14.2 Å². The number of ether oxygens (including phenoxy) is 3. The van der Waals surface area contributed by atoms with Crippen molar-refractivity contribution in [1.82, 2.24) is 5.32 Å². The Labute approximate surface area is 213 Å². The minimum absolute atomic E-state index is 0.117. The van der Waals surface area contributed by atoms with E-state index in [-0.39, 0.29) is 12.5 Å². The molecule has 1 atom stereocenters. The van der Waals surface area contributed by atoms with E-state index in [1.54, 1.807) is 38.5 Å². The molecule has 0 aromatic heterocycles. The fourth-order valence-corrected chi connectivity index (χ4v) is 4.36. The molecule has 0 spiro atoms. The second-order valence-corrected chi connectivity index (χ2v) is 10.2. The van der Waals surface area contributed by atoms with Gasteiger partial charge >= 0.3 is 0 Å².